The summed E-state index contributed by atoms with van der Waals surface area (Å²) >= 11 is 0. The number of hydrogen-bond donors (Lipinski definition) is 11. The molecule has 16 atom stereocenters. The lowest BCUT2D eigenvalue weighted by Crippen LogP contribution is -2.71. The summed E-state index contributed by atoms with van der Waals surface area (Å²) in [7, 11) is 0. The van der Waals surface area contributed by atoms with Crippen LogP contribution in [0.1, 0.15) is 55.2 Å². The summed E-state index contributed by atoms with van der Waals surface area (Å²) in [5.41, 5.74) is 14.2. The van der Waals surface area contributed by atoms with E-state index >= 15 is 0 Å². The number of alkyl carbamates (subject to hydrolysis) is 1. The van der Waals surface area contributed by atoms with E-state index in [1.807, 2.05) is 91.0 Å². The fraction of sp³-hybridized carbons (Fsp3) is 0.551. The van der Waals surface area contributed by atoms with Gasteiger partial charge in [0.05, 0.1) is 55.0 Å². The monoisotopic (exact) mass is 990 g/mol. The quantitative estimate of drug-likeness (QED) is 0.105. The molecule has 3 aromatic rings. The van der Waals surface area contributed by atoms with Crippen molar-refractivity contribution in [1.82, 2.24) is 31.5 Å². The number of hydrogen-bond acceptors (Lipinski definition) is 16. The van der Waals surface area contributed by atoms with Gasteiger partial charge < -0.3 is 91.8 Å². The molecule has 0 spiro atoms. The standard InChI is InChI=1S/C36H42N4O9.C13H24N4O5/c41-30-28-18-29(38-34(43)37-28)32(31(30)42)49-33-27(39-35(44)46-21-24-12-6-2-7-13-24)17-16-26(48-33)20-40(19-23-10-4-1-5-11-23)36(45)47-22-25-14-8-3-9-15-25;14-4-5-1-2-6(15)12(21-5)22-11-8-3-7(9(18)10(11)19)16-13(20)17-8/h1-15,26-33,41-42H,16-22H2,(H,39,44)(H2,37,38,43);5-12,18-19H,1-4,14-15H2,(H2,16,17,20)/t26-,27+,28+,29-,30-,31+,32+,33+;5-,6+,7+,8-,9-,10+,11+,12+/m00/s1. The van der Waals surface area contributed by atoms with Crippen LogP contribution in [0, 0.1) is 0 Å². The van der Waals surface area contributed by atoms with Crippen molar-refractivity contribution in [2.75, 3.05) is 13.1 Å². The fourth-order valence-electron chi connectivity index (χ4n) is 9.84. The Morgan fingerprint density at radius 3 is 1.65 bits per heavy atom. The predicted octanol–water partition coefficient (Wildman–Crippen LogP) is 0.524. The number of rotatable bonds is 14. The van der Waals surface area contributed by atoms with E-state index in [0.29, 0.717) is 38.6 Å². The van der Waals surface area contributed by atoms with Gasteiger partial charge in [0.1, 0.15) is 49.8 Å². The topological polar surface area (TPSA) is 320 Å². The summed E-state index contributed by atoms with van der Waals surface area (Å²) in [4.78, 5) is 51.8. The van der Waals surface area contributed by atoms with E-state index in [-0.39, 0.29) is 44.5 Å². The molecule has 4 heterocycles. The summed E-state index contributed by atoms with van der Waals surface area (Å²) in [6, 6.07) is 24.2. The molecule has 22 heteroatoms. The Bertz CT molecular complexity index is 2210. The molecule has 4 bridgehead atoms. The van der Waals surface area contributed by atoms with E-state index in [1.54, 1.807) is 4.90 Å². The first-order chi connectivity index (χ1) is 34.3. The Morgan fingerprint density at radius 1 is 0.620 bits per heavy atom. The van der Waals surface area contributed by atoms with Crippen molar-refractivity contribution in [2.45, 2.75) is 156 Å². The second-order valence-corrected chi connectivity index (χ2v) is 18.8. The number of amides is 6. The molecule has 3 aromatic carbocycles. The van der Waals surface area contributed by atoms with Gasteiger partial charge in [0, 0.05) is 13.1 Å². The zero-order valence-electron chi connectivity index (χ0n) is 39.1. The number of benzene rings is 3. The van der Waals surface area contributed by atoms with E-state index in [9.17, 15) is 39.6 Å². The van der Waals surface area contributed by atoms with Crippen molar-refractivity contribution in [3.8, 4) is 0 Å². The minimum absolute atomic E-state index is 0.0595. The molecule has 4 saturated heterocycles. The fourth-order valence-corrected chi connectivity index (χ4v) is 9.84. The van der Waals surface area contributed by atoms with Gasteiger partial charge in [0.25, 0.3) is 0 Å². The molecule has 0 radical (unpaired) electrons. The summed E-state index contributed by atoms with van der Waals surface area (Å²) in [5, 5.41) is 55.7. The van der Waals surface area contributed by atoms with Crippen molar-refractivity contribution in [3.05, 3.63) is 108 Å². The van der Waals surface area contributed by atoms with Crippen molar-refractivity contribution in [1.29, 1.82) is 0 Å². The van der Waals surface area contributed by atoms with Crippen LogP contribution in [-0.4, -0.2) is 160 Å². The van der Waals surface area contributed by atoms with Gasteiger partial charge in [-0.05, 0) is 55.2 Å². The van der Waals surface area contributed by atoms with E-state index in [0.717, 1.165) is 23.1 Å². The van der Waals surface area contributed by atoms with Crippen LogP contribution in [0.15, 0.2) is 91.0 Å². The third kappa shape index (κ3) is 13.5. The van der Waals surface area contributed by atoms with Gasteiger partial charge in [-0.1, -0.05) is 91.0 Å². The molecule has 71 heavy (non-hydrogen) atoms. The average molecular weight is 991 g/mol. The lowest BCUT2D eigenvalue weighted by Gasteiger charge is -2.48. The third-order valence-electron chi connectivity index (χ3n) is 13.7. The van der Waals surface area contributed by atoms with Crippen LogP contribution in [0.25, 0.3) is 0 Å². The largest absolute Gasteiger partial charge is 0.445 e. The van der Waals surface area contributed by atoms with Crippen LogP contribution >= 0.6 is 0 Å². The molecular weight excluding hydrogens is 925 g/mol. The number of carbonyl (C=O) groups is 4. The predicted molar refractivity (Wildman–Crippen MR) is 251 cm³/mol. The molecule has 6 fully saturated rings. The lowest BCUT2D eigenvalue weighted by atomic mass is 9.82. The maximum atomic E-state index is 13.5. The van der Waals surface area contributed by atoms with Crippen LogP contribution in [0.2, 0.25) is 0 Å². The number of nitrogens with one attached hydrogen (secondary N) is 5. The second kappa shape index (κ2) is 24.2. The van der Waals surface area contributed by atoms with E-state index < -0.39 is 104 Å². The van der Waals surface area contributed by atoms with Gasteiger partial charge in [-0.2, -0.15) is 0 Å². The molecule has 2 aliphatic carbocycles. The first-order valence-corrected chi connectivity index (χ1v) is 24.2. The number of fused-ring (bicyclic) bond motifs is 4. The summed E-state index contributed by atoms with van der Waals surface area (Å²) in [6.07, 6.45) is -7.26. The lowest BCUT2D eigenvalue weighted by molar-refractivity contribution is -0.260. The van der Waals surface area contributed by atoms with Crippen molar-refractivity contribution in [3.63, 3.8) is 0 Å². The van der Waals surface area contributed by atoms with Gasteiger partial charge in [-0.3, -0.25) is 0 Å². The molecule has 0 unspecified atom stereocenters. The number of aliphatic hydroxyl groups excluding tert-OH is 4. The Balaban J connectivity index is 0.000000255. The highest BCUT2D eigenvalue weighted by atomic mass is 16.7. The molecule has 6 amide bonds. The normalized spacial score (nSPS) is 34.1. The molecule has 0 aromatic heterocycles. The zero-order chi connectivity index (χ0) is 50.0. The van der Waals surface area contributed by atoms with Gasteiger partial charge in [-0.25, -0.2) is 19.2 Å². The minimum atomic E-state index is -1.35. The molecule has 9 rings (SSSR count). The minimum Gasteiger partial charge on any atom is -0.445 e. The summed E-state index contributed by atoms with van der Waals surface area (Å²) in [6.45, 7) is 0.946. The highest BCUT2D eigenvalue weighted by Gasteiger charge is 2.51. The molecule has 2 saturated carbocycles. The van der Waals surface area contributed by atoms with E-state index in [1.165, 1.54) is 0 Å². The third-order valence-corrected chi connectivity index (χ3v) is 13.7. The van der Waals surface area contributed by atoms with Crippen LogP contribution < -0.4 is 38.1 Å². The van der Waals surface area contributed by atoms with Gasteiger partial charge in [-0.15, -0.1) is 0 Å². The second-order valence-electron chi connectivity index (χ2n) is 18.8. The number of nitrogens with two attached hydrogens (primary N) is 2. The molecule has 4 aliphatic heterocycles. The number of nitrogens with zero attached hydrogens (tertiary/aromatic N) is 1. The van der Waals surface area contributed by atoms with Crippen molar-refractivity contribution in [2.24, 2.45) is 11.5 Å². The SMILES string of the molecule is NC[C@@H]1CC[C@@H](N)[C@@H](O[C@H]2[C@H](O)[C@@H](O)[C@H]3C[C@@H]2NC(=O)N3)O1.O=C1N[C@H]2C[C@@H](N1)[C@H](O)[C@@H](O)[C@@H]2O[C@H]1O[C@H](CN(Cc2ccccc2)C(=O)OCc2ccccc2)CC[C@H]1NC(=O)OCc1ccccc1. The molecule has 22 nitrogen and oxygen atoms in total. The maximum absolute atomic E-state index is 13.5. The molecule has 6 aliphatic rings. The summed E-state index contributed by atoms with van der Waals surface area (Å²) in [5.74, 6) is 0. The van der Waals surface area contributed by atoms with Gasteiger partial charge in [0.15, 0.2) is 12.6 Å². The molecule has 386 valence electrons. The molecular formula is C49H66N8O14. The Labute approximate surface area is 411 Å². The van der Waals surface area contributed by atoms with Crippen LogP contribution in [0.5, 0.6) is 0 Å². The Morgan fingerprint density at radius 2 is 1.10 bits per heavy atom. The zero-order valence-corrected chi connectivity index (χ0v) is 39.1. The van der Waals surface area contributed by atoms with E-state index in [4.69, 9.17) is 39.9 Å². The number of carbonyl (C=O) groups excluding carboxylic acids is 4. The summed E-state index contributed by atoms with van der Waals surface area (Å²) < 4.78 is 35.5. The van der Waals surface area contributed by atoms with Gasteiger partial charge in [0.2, 0.25) is 0 Å². The number of ether oxygens (including phenoxy) is 6. The van der Waals surface area contributed by atoms with Crippen LogP contribution in [0.4, 0.5) is 19.2 Å². The van der Waals surface area contributed by atoms with Crippen LogP contribution in [-0.2, 0) is 48.2 Å². The van der Waals surface area contributed by atoms with Crippen molar-refractivity contribution >= 4 is 24.2 Å². The first-order valence-electron chi connectivity index (χ1n) is 24.2. The average Bonchev–Trinajstić information content (AvgIpc) is 3.38. The van der Waals surface area contributed by atoms with Crippen molar-refractivity contribution < 1.29 is 68.0 Å². The van der Waals surface area contributed by atoms with E-state index in [2.05, 4.69) is 26.6 Å². The number of aliphatic hydroxyl groups is 4. The highest BCUT2D eigenvalue weighted by molar-refractivity contribution is 5.76. The maximum Gasteiger partial charge on any atom is 0.410 e. The highest BCUT2D eigenvalue weighted by Crippen LogP contribution is 2.32. The van der Waals surface area contributed by atoms with Crippen LogP contribution in [0.3, 0.4) is 0 Å². The first kappa shape index (κ1) is 51.7. The Kier molecular flexibility index (Phi) is 17.6. The smallest absolute Gasteiger partial charge is 0.410 e. The number of urea groups is 2. The van der Waals surface area contributed by atoms with Gasteiger partial charge >= 0.3 is 24.2 Å². The molecule has 13 N–H and O–H groups in total. The Hall–Kier alpha value is -5.66.